The lowest BCUT2D eigenvalue weighted by molar-refractivity contribution is -0.389. The van der Waals surface area contributed by atoms with Gasteiger partial charge in [-0.05, 0) is 4.92 Å². The average molecular weight is 192 g/mol. The number of nitro groups is 1. The summed E-state index contributed by atoms with van der Waals surface area (Å²) in [7, 11) is 0. The van der Waals surface area contributed by atoms with E-state index in [4.69, 9.17) is 5.73 Å². The molecule has 6 nitrogen and oxygen atoms in total. The predicted molar refractivity (Wildman–Crippen MR) is 39.3 cm³/mol. The fraction of sp³-hybridized carbons (Fsp3) is 0.400. The molecule has 0 aliphatic carbocycles. The topological polar surface area (TPSA) is 87.0 Å². The molecule has 2 N–H and O–H groups in total. The van der Waals surface area contributed by atoms with Gasteiger partial charge in [0.2, 0.25) is 0 Å². The van der Waals surface area contributed by atoms with Crippen LogP contribution >= 0.6 is 0 Å². The molecule has 0 saturated heterocycles. The van der Waals surface area contributed by atoms with Gasteiger partial charge in [-0.15, -0.1) is 0 Å². The highest BCUT2D eigenvalue weighted by Gasteiger charge is 2.18. The molecule has 1 heterocycles. The Labute approximate surface area is 71.1 Å². The van der Waals surface area contributed by atoms with Crippen molar-refractivity contribution in [3.05, 3.63) is 16.2 Å². The minimum absolute atomic E-state index is 0.146. The largest absolute Gasteiger partial charge is 0.392 e. The standard InChI is InChI=1S/C5H6F2N4O2/c6-3(7)2-10-4(8)1-5(9-10)11(12)13/h1,3H,2,8H2. The molecule has 0 saturated carbocycles. The molecule has 0 aromatic carbocycles. The molecule has 0 bridgehead atoms. The Hall–Kier alpha value is -1.73. The van der Waals surface area contributed by atoms with Crippen LogP contribution in [-0.4, -0.2) is 21.1 Å². The third kappa shape index (κ3) is 2.10. The van der Waals surface area contributed by atoms with Crippen LogP contribution in [0.3, 0.4) is 0 Å². The molecular formula is C5H6F2N4O2. The van der Waals surface area contributed by atoms with Crippen LogP contribution < -0.4 is 5.73 Å². The van der Waals surface area contributed by atoms with Gasteiger partial charge in [0, 0.05) is 0 Å². The van der Waals surface area contributed by atoms with Gasteiger partial charge in [0.15, 0.2) is 5.82 Å². The zero-order valence-corrected chi connectivity index (χ0v) is 6.35. The number of nitrogens with two attached hydrogens (primary N) is 1. The molecule has 0 spiro atoms. The molecule has 13 heavy (non-hydrogen) atoms. The third-order valence-electron chi connectivity index (χ3n) is 1.30. The van der Waals surface area contributed by atoms with Crippen LogP contribution in [0.25, 0.3) is 0 Å². The SMILES string of the molecule is Nc1cc([N+](=O)[O-])nn1CC(F)F. The van der Waals surface area contributed by atoms with Crippen LogP contribution in [0.5, 0.6) is 0 Å². The summed E-state index contributed by atoms with van der Waals surface area (Å²) in [5.74, 6) is -0.676. The van der Waals surface area contributed by atoms with Gasteiger partial charge in [-0.1, -0.05) is 0 Å². The summed E-state index contributed by atoms with van der Waals surface area (Å²) in [5.41, 5.74) is 5.19. The van der Waals surface area contributed by atoms with Crippen LogP contribution in [0.15, 0.2) is 6.07 Å². The van der Waals surface area contributed by atoms with Crippen LogP contribution in [0.4, 0.5) is 20.4 Å². The number of alkyl halides is 2. The highest BCUT2D eigenvalue weighted by Crippen LogP contribution is 2.14. The molecular weight excluding hydrogens is 186 g/mol. The molecule has 0 amide bonds. The summed E-state index contributed by atoms with van der Waals surface area (Å²) in [6.45, 7) is -0.736. The number of anilines is 1. The lowest BCUT2D eigenvalue weighted by Gasteiger charge is -1.95. The number of aromatic nitrogens is 2. The first kappa shape index (κ1) is 9.36. The van der Waals surface area contributed by atoms with Gasteiger partial charge in [0.25, 0.3) is 6.43 Å². The summed E-state index contributed by atoms with van der Waals surface area (Å²) in [6, 6.07) is 0.933. The molecule has 0 aliphatic rings. The van der Waals surface area contributed by atoms with Crippen molar-refractivity contribution in [2.45, 2.75) is 13.0 Å². The van der Waals surface area contributed by atoms with Crippen molar-refractivity contribution in [3.63, 3.8) is 0 Å². The zero-order chi connectivity index (χ0) is 10.0. The average Bonchev–Trinajstić information content (AvgIpc) is 2.31. The molecule has 1 rings (SSSR count). The molecule has 1 aromatic heterocycles. The van der Waals surface area contributed by atoms with Gasteiger partial charge < -0.3 is 15.8 Å². The second-order valence-corrected chi connectivity index (χ2v) is 2.26. The number of hydrogen-bond acceptors (Lipinski definition) is 4. The molecule has 1 aromatic rings. The van der Waals surface area contributed by atoms with Gasteiger partial charge in [-0.25, -0.2) is 8.78 Å². The maximum Gasteiger partial charge on any atom is 0.392 e. The van der Waals surface area contributed by atoms with Crippen molar-refractivity contribution < 1.29 is 13.7 Å². The van der Waals surface area contributed by atoms with E-state index >= 15 is 0 Å². The van der Waals surface area contributed by atoms with Crippen molar-refractivity contribution >= 4 is 11.6 Å². The number of nitrogen functional groups attached to an aromatic ring is 1. The first-order valence-corrected chi connectivity index (χ1v) is 3.26. The number of rotatable bonds is 3. The normalized spacial score (nSPS) is 10.7. The van der Waals surface area contributed by atoms with E-state index in [-0.39, 0.29) is 5.82 Å². The summed E-state index contributed by atoms with van der Waals surface area (Å²) in [6.07, 6.45) is -2.64. The van der Waals surface area contributed by atoms with Crippen LogP contribution in [0.2, 0.25) is 0 Å². The first-order chi connectivity index (χ1) is 6.00. The smallest absolute Gasteiger partial charge is 0.382 e. The second-order valence-electron chi connectivity index (χ2n) is 2.26. The van der Waals surface area contributed by atoms with E-state index in [1.807, 2.05) is 0 Å². The third-order valence-corrected chi connectivity index (χ3v) is 1.30. The molecule has 8 heteroatoms. The van der Waals surface area contributed by atoms with E-state index in [0.717, 1.165) is 6.07 Å². The molecule has 0 atom stereocenters. The molecule has 0 unspecified atom stereocenters. The summed E-state index contributed by atoms with van der Waals surface area (Å²) in [5, 5.41) is 13.4. The highest BCUT2D eigenvalue weighted by atomic mass is 19.3. The van der Waals surface area contributed by atoms with Crippen molar-refractivity contribution in [1.82, 2.24) is 9.78 Å². The second kappa shape index (κ2) is 3.33. The number of halogens is 2. The Morgan fingerprint density at radius 1 is 1.77 bits per heavy atom. The summed E-state index contributed by atoms with van der Waals surface area (Å²) < 4.78 is 24.3. The van der Waals surface area contributed by atoms with Gasteiger partial charge in [-0.3, -0.25) is 0 Å². The van der Waals surface area contributed by atoms with Gasteiger partial charge in [-0.2, -0.15) is 4.68 Å². The van der Waals surface area contributed by atoms with E-state index in [1.165, 1.54) is 0 Å². The van der Waals surface area contributed by atoms with Gasteiger partial charge in [0.05, 0.1) is 11.2 Å². The van der Waals surface area contributed by atoms with E-state index in [0.29, 0.717) is 4.68 Å². The molecule has 72 valence electrons. The maximum atomic E-state index is 11.8. The van der Waals surface area contributed by atoms with Gasteiger partial charge in [0.1, 0.15) is 6.54 Å². The van der Waals surface area contributed by atoms with Crippen molar-refractivity contribution in [1.29, 1.82) is 0 Å². The van der Waals surface area contributed by atoms with Crippen LogP contribution in [-0.2, 0) is 6.54 Å². The van der Waals surface area contributed by atoms with E-state index in [2.05, 4.69) is 5.10 Å². The Morgan fingerprint density at radius 3 is 2.77 bits per heavy atom. The predicted octanol–water partition coefficient (Wildman–Crippen LogP) is 0.639. The van der Waals surface area contributed by atoms with Gasteiger partial charge >= 0.3 is 5.82 Å². The lowest BCUT2D eigenvalue weighted by Crippen LogP contribution is -2.10. The van der Waals surface area contributed by atoms with E-state index in [1.54, 1.807) is 0 Å². The zero-order valence-electron chi connectivity index (χ0n) is 6.35. The molecule has 0 fully saturated rings. The summed E-state index contributed by atoms with van der Waals surface area (Å²) >= 11 is 0. The minimum Gasteiger partial charge on any atom is -0.382 e. The lowest BCUT2D eigenvalue weighted by atomic mass is 10.6. The van der Waals surface area contributed by atoms with Crippen molar-refractivity contribution in [2.24, 2.45) is 0 Å². The number of hydrogen-bond donors (Lipinski definition) is 1. The fourth-order valence-electron chi connectivity index (χ4n) is 0.783. The Balaban J connectivity index is 2.90. The molecule has 0 aliphatic heterocycles. The summed E-state index contributed by atoms with van der Waals surface area (Å²) in [4.78, 5) is 9.35. The monoisotopic (exact) mass is 192 g/mol. The quantitative estimate of drug-likeness (QED) is 0.562. The van der Waals surface area contributed by atoms with E-state index in [9.17, 15) is 18.9 Å². The number of nitrogens with zero attached hydrogens (tertiary/aromatic N) is 3. The highest BCUT2D eigenvalue weighted by molar-refractivity contribution is 5.37. The van der Waals surface area contributed by atoms with E-state index < -0.39 is 23.7 Å². The fourth-order valence-corrected chi connectivity index (χ4v) is 0.783. The Kier molecular flexibility index (Phi) is 2.40. The molecule has 0 radical (unpaired) electrons. The van der Waals surface area contributed by atoms with Crippen molar-refractivity contribution in [3.8, 4) is 0 Å². The Morgan fingerprint density at radius 2 is 2.38 bits per heavy atom. The van der Waals surface area contributed by atoms with Crippen LogP contribution in [0, 0.1) is 10.1 Å². The van der Waals surface area contributed by atoms with Crippen molar-refractivity contribution in [2.75, 3.05) is 5.73 Å². The first-order valence-electron chi connectivity index (χ1n) is 3.26. The van der Waals surface area contributed by atoms with Crippen LogP contribution in [0.1, 0.15) is 0 Å². The minimum atomic E-state index is -2.64. The maximum absolute atomic E-state index is 11.8. The Bertz CT molecular complexity index is 324.